The highest BCUT2D eigenvalue weighted by Crippen LogP contribution is 2.61. The number of aromatic hydroxyl groups is 1. The van der Waals surface area contributed by atoms with E-state index in [-0.39, 0.29) is 23.6 Å². The second-order valence-corrected chi connectivity index (χ2v) is 16.2. The average molecular weight is 649 g/mol. The number of amides is 1. The molecule has 8 heteroatoms. The van der Waals surface area contributed by atoms with Gasteiger partial charge in [0.15, 0.2) is 0 Å². The van der Waals surface area contributed by atoms with Crippen LogP contribution in [-0.4, -0.2) is 82.5 Å². The van der Waals surface area contributed by atoms with Crippen LogP contribution in [0.3, 0.4) is 0 Å². The Morgan fingerprint density at radius 1 is 1.04 bits per heavy atom. The molecule has 1 unspecified atom stereocenters. The van der Waals surface area contributed by atoms with Crippen LogP contribution in [0.2, 0.25) is 0 Å². The smallest absolute Gasteiger partial charge is 0.240 e. The largest absolute Gasteiger partial charge is 0.508 e. The van der Waals surface area contributed by atoms with Crippen LogP contribution in [0.5, 0.6) is 5.75 Å². The zero-order chi connectivity index (χ0) is 34.0. The summed E-state index contributed by atoms with van der Waals surface area (Å²) in [7, 11) is 4.25. The van der Waals surface area contributed by atoms with Crippen molar-refractivity contribution in [3.63, 3.8) is 0 Å². The fourth-order valence-corrected chi connectivity index (χ4v) is 8.80. The van der Waals surface area contributed by atoms with Crippen molar-refractivity contribution in [2.24, 2.45) is 35.0 Å². The molecule has 1 heterocycles. The van der Waals surface area contributed by atoms with Gasteiger partial charge in [-0.15, -0.1) is 0 Å². The summed E-state index contributed by atoms with van der Waals surface area (Å²) in [5.74, 6) is 2.25. The first-order valence-corrected chi connectivity index (χ1v) is 17.8. The lowest BCUT2D eigenvalue weighted by atomic mass is 9.45. The molecule has 1 saturated heterocycles. The lowest BCUT2D eigenvalue weighted by molar-refractivity contribution is -0.161. The Morgan fingerprint density at radius 2 is 1.70 bits per heavy atom. The molecule has 47 heavy (non-hydrogen) atoms. The van der Waals surface area contributed by atoms with Gasteiger partial charge in [0, 0.05) is 37.6 Å². The van der Waals surface area contributed by atoms with Crippen molar-refractivity contribution in [1.82, 2.24) is 20.2 Å². The normalized spacial score (nSPS) is 28.4. The maximum Gasteiger partial charge on any atom is 0.240 e. The number of nitrogens with one attached hydrogen (secondary N) is 1. The number of fused-ring (bicyclic) bond motifs is 2. The van der Waals surface area contributed by atoms with Gasteiger partial charge in [-0.2, -0.15) is 5.06 Å². The number of aliphatic hydroxyl groups excluding tert-OH is 1. The van der Waals surface area contributed by atoms with Crippen molar-refractivity contribution in [2.75, 3.05) is 27.2 Å². The number of phenolic OH excluding ortho intramolecular Hbond substituents is 1. The number of rotatable bonds is 14. The summed E-state index contributed by atoms with van der Waals surface area (Å²) >= 11 is 0. The van der Waals surface area contributed by atoms with Crippen LogP contribution in [0, 0.1) is 35.0 Å². The Hall–Kier alpha value is -2.49. The maximum absolute atomic E-state index is 13.9. The van der Waals surface area contributed by atoms with E-state index in [0.717, 1.165) is 43.6 Å². The van der Waals surface area contributed by atoms with Crippen molar-refractivity contribution < 1.29 is 19.8 Å². The van der Waals surface area contributed by atoms with E-state index in [1.54, 1.807) is 13.0 Å². The molecule has 8 nitrogen and oxygen atoms in total. The van der Waals surface area contributed by atoms with E-state index >= 15 is 0 Å². The molecule has 0 radical (unpaired) electrons. The first-order valence-electron chi connectivity index (χ1n) is 17.8. The number of carbonyl (C=O) groups excluding carboxylic acids is 1. The van der Waals surface area contributed by atoms with Crippen molar-refractivity contribution in [1.29, 1.82) is 0 Å². The predicted octanol–water partition coefficient (Wildman–Crippen LogP) is 5.67. The lowest BCUT2D eigenvalue weighted by Crippen LogP contribution is -2.62. The highest BCUT2D eigenvalue weighted by atomic mass is 16.7. The zero-order valence-corrected chi connectivity index (χ0v) is 30.0. The molecule has 2 aromatic rings. The molecular weight excluding hydrogens is 588 g/mol. The van der Waals surface area contributed by atoms with Crippen LogP contribution >= 0.6 is 0 Å². The van der Waals surface area contributed by atoms with Gasteiger partial charge in [-0.25, -0.2) is 0 Å². The Bertz CT molecular complexity index is 1340. The molecule has 1 amide bonds. The minimum Gasteiger partial charge on any atom is -0.508 e. The molecule has 4 fully saturated rings. The zero-order valence-electron chi connectivity index (χ0n) is 30.0. The second kappa shape index (κ2) is 15.0. The van der Waals surface area contributed by atoms with Gasteiger partial charge < -0.3 is 20.4 Å². The number of likely N-dealkylation sites (N-methyl/N-ethyl adjacent to an activating group) is 1. The highest BCUT2D eigenvalue weighted by molar-refractivity contribution is 5.82. The molecule has 0 aromatic heterocycles. The molecule has 3 aliphatic carbocycles. The van der Waals surface area contributed by atoms with Gasteiger partial charge in [0.25, 0.3) is 0 Å². The standard InChI is InChI=1S/C39H60N4O4/c1-25(2)15-32(23-41(7)8)42(21-30-13-10-14-33(45)17-30)20-28-11-9-12-29(16-28)22-43-37(34(24-47-43)27(4)44)38(46)40-36-19-31-18-35(26(36)3)39(31,5)6/h9-14,16-17,25-27,31-32,34-37,44-45H,15,18-24H2,1-8H3,(H,40,46)/t26-,27-,31+,32-,34-,35-,36-,37?/m0/s1. The third-order valence-corrected chi connectivity index (χ3v) is 11.6. The van der Waals surface area contributed by atoms with E-state index in [2.05, 4.69) is 94.2 Å². The van der Waals surface area contributed by atoms with Crippen LogP contribution in [-0.2, 0) is 29.3 Å². The molecular formula is C39H60N4O4. The number of aliphatic hydroxyl groups is 1. The summed E-state index contributed by atoms with van der Waals surface area (Å²) in [5, 5.41) is 26.1. The molecule has 260 valence electrons. The summed E-state index contributed by atoms with van der Waals surface area (Å²) in [6.07, 6.45) is 2.70. The van der Waals surface area contributed by atoms with Crippen LogP contribution in [0.15, 0.2) is 48.5 Å². The Morgan fingerprint density at radius 3 is 2.30 bits per heavy atom. The first-order chi connectivity index (χ1) is 22.2. The van der Waals surface area contributed by atoms with E-state index in [1.807, 2.05) is 17.2 Å². The van der Waals surface area contributed by atoms with Crippen LogP contribution in [0.25, 0.3) is 0 Å². The minimum absolute atomic E-state index is 0.0296. The second-order valence-electron chi connectivity index (χ2n) is 16.2. The third kappa shape index (κ3) is 8.39. The van der Waals surface area contributed by atoms with Gasteiger partial charge in [0.1, 0.15) is 11.8 Å². The number of hydrogen-bond donors (Lipinski definition) is 3. The van der Waals surface area contributed by atoms with Crippen LogP contribution in [0.1, 0.15) is 77.5 Å². The van der Waals surface area contributed by atoms with Crippen molar-refractivity contribution >= 4 is 5.91 Å². The van der Waals surface area contributed by atoms with E-state index in [9.17, 15) is 15.0 Å². The average Bonchev–Trinajstić information content (AvgIpc) is 3.41. The number of carbonyl (C=O) groups is 1. The number of nitrogens with zero attached hydrogens (tertiary/aromatic N) is 3. The lowest BCUT2D eigenvalue weighted by Gasteiger charge is -2.62. The number of benzene rings is 2. The molecule has 3 N–H and O–H groups in total. The van der Waals surface area contributed by atoms with Gasteiger partial charge in [0.2, 0.25) is 5.91 Å². The molecule has 3 saturated carbocycles. The summed E-state index contributed by atoms with van der Waals surface area (Å²) in [6.45, 7) is 16.6. The van der Waals surface area contributed by atoms with E-state index in [1.165, 1.54) is 12.0 Å². The van der Waals surface area contributed by atoms with Gasteiger partial charge in [-0.1, -0.05) is 71.0 Å². The molecule has 0 spiro atoms. The fraction of sp³-hybridized carbons (Fsp3) is 0.667. The Balaban J connectivity index is 1.32. The number of hydrogen-bond acceptors (Lipinski definition) is 7. The first kappa shape index (κ1) is 35.8. The molecule has 2 aromatic carbocycles. The Kier molecular flexibility index (Phi) is 11.4. The summed E-state index contributed by atoms with van der Waals surface area (Å²) in [5.41, 5.74) is 3.72. The highest BCUT2D eigenvalue weighted by Gasteiger charge is 2.57. The van der Waals surface area contributed by atoms with Gasteiger partial charge in [0.05, 0.1) is 19.3 Å². The van der Waals surface area contributed by atoms with E-state index in [4.69, 9.17) is 4.84 Å². The quantitative estimate of drug-likeness (QED) is 0.243. The number of hydroxylamine groups is 2. The molecule has 6 rings (SSSR count). The van der Waals surface area contributed by atoms with E-state index in [0.29, 0.717) is 48.3 Å². The van der Waals surface area contributed by atoms with Gasteiger partial charge in [-0.3, -0.25) is 14.5 Å². The van der Waals surface area contributed by atoms with Crippen LogP contribution in [0.4, 0.5) is 0 Å². The third-order valence-electron chi connectivity index (χ3n) is 11.6. The van der Waals surface area contributed by atoms with Crippen molar-refractivity contribution in [2.45, 2.75) is 105 Å². The fourth-order valence-electron chi connectivity index (χ4n) is 8.80. The van der Waals surface area contributed by atoms with Gasteiger partial charge in [-0.05, 0) is 98.2 Å². The summed E-state index contributed by atoms with van der Waals surface area (Å²) < 4.78 is 0. The van der Waals surface area contributed by atoms with Crippen molar-refractivity contribution in [3.8, 4) is 5.75 Å². The molecule has 8 atom stereocenters. The minimum atomic E-state index is -0.654. The molecule has 4 aliphatic rings. The van der Waals surface area contributed by atoms with Gasteiger partial charge >= 0.3 is 0 Å². The Labute approximate surface area is 283 Å². The van der Waals surface area contributed by atoms with Crippen LogP contribution < -0.4 is 5.32 Å². The topological polar surface area (TPSA) is 88.5 Å². The molecule has 2 bridgehead atoms. The molecule has 1 aliphatic heterocycles. The summed E-state index contributed by atoms with van der Waals surface area (Å²) in [4.78, 5) is 24.9. The SMILES string of the molecule is CC(C)C[C@@H](CN(C)C)N(Cc1cccc(O)c1)Cc1cccc(CN2OC[C@@H]([C@H](C)O)C2C(=O)N[C@H]2C[C@H]3C[C@@H]([C@@H]2C)C3(C)C)c1. The maximum atomic E-state index is 13.9. The summed E-state index contributed by atoms with van der Waals surface area (Å²) in [6, 6.07) is 16.1. The van der Waals surface area contributed by atoms with E-state index < -0.39 is 12.1 Å². The number of phenols is 1. The van der Waals surface area contributed by atoms with Crippen molar-refractivity contribution in [3.05, 3.63) is 65.2 Å². The monoisotopic (exact) mass is 648 g/mol. The predicted molar refractivity (Wildman–Crippen MR) is 187 cm³/mol.